The average molecular weight is 326 g/mol. The number of hydrogen-bond donors (Lipinski definition) is 0. The zero-order valence-electron chi connectivity index (χ0n) is 11.1. The van der Waals surface area contributed by atoms with Crippen LogP contribution < -0.4 is 0 Å². The minimum absolute atomic E-state index is 0.138. The van der Waals surface area contributed by atoms with Crippen molar-refractivity contribution in [3.05, 3.63) is 58.0 Å². The maximum absolute atomic E-state index is 12.3. The van der Waals surface area contributed by atoms with Crippen LogP contribution in [-0.2, 0) is 4.74 Å². The van der Waals surface area contributed by atoms with Crippen LogP contribution in [0.2, 0.25) is 10.0 Å². The first-order chi connectivity index (χ1) is 10.1. The van der Waals surface area contributed by atoms with Gasteiger partial charge in [0, 0.05) is 16.6 Å². The largest absolute Gasteiger partial charge is 0.459 e. The number of morpholine rings is 1. The highest BCUT2D eigenvalue weighted by molar-refractivity contribution is 6.34. The van der Waals surface area contributed by atoms with E-state index in [1.807, 2.05) is 0 Å². The topological polar surface area (TPSA) is 42.7 Å². The summed E-state index contributed by atoms with van der Waals surface area (Å²) in [5.41, 5.74) is 0.865. The molecule has 2 aromatic rings. The number of furan rings is 1. The van der Waals surface area contributed by atoms with Gasteiger partial charge in [0.05, 0.1) is 19.4 Å². The number of benzene rings is 1. The third-order valence-corrected chi connectivity index (χ3v) is 3.78. The van der Waals surface area contributed by atoms with Crippen molar-refractivity contribution in [3.63, 3.8) is 0 Å². The molecule has 0 spiro atoms. The molecular weight excluding hydrogens is 313 g/mol. The lowest BCUT2D eigenvalue weighted by atomic mass is 10.1. The molecule has 110 valence electrons. The fourth-order valence-corrected chi connectivity index (χ4v) is 2.90. The second-order valence-corrected chi connectivity index (χ2v) is 5.66. The Kier molecular flexibility index (Phi) is 4.19. The van der Waals surface area contributed by atoms with E-state index in [9.17, 15) is 4.79 Å². The molecule has 21 heavy (non-hydrogen) atoms. The summed E-state index contributed by atoms with van der Waals surface area (Å²) >= 11 is 12.0. The second kappa shape index (κ2) is 6.10. The summed E-state index contributed by atoms with van der Waals surface area (Å²) in [4.78, 5) is 14.0. The molecule has 1 aliphatic rings. The lowest BCUT2D eigenvalue weighted by molar-refractivity contribution is -0.0237. The quantitative estimate of drug-likeness (QED) is 0.843. The lowest BCUT2D eigenvalue weighted by Crippen LogP contribution is -2.42. The minimum atomic E-state index is -0.242. The maximum Gasteiger partial charge on any atom is 0.289 e. The van der Waals surface area contributed by atoms with E-state index in [0.717, 1.165) is 5.56 Å². The van der Waals surface area contributed by atoms with Crippen molar-refractivity contribution in [1.82, 2.24) is 4.90 Å². The van der Waals surface area contributed by atoms with E-state index in [-0.39, 0.29) is 12.0 Å². The number of rotatable bonds is 2. The molecule has 1 aliphatic heterocycles. The van der Waals surface area contributed by atoms with Gasteiger partial charge in [0.15, 0.2) is 5.76 Å². The van der Waals surface area contributed by atoms with Crippen LogP contribution in [0.4, 0.5) is 0 Å². The summed E-state index contributed by atoms with van der Waals surface area (Å²) in [5.74, 6) is 0.196. The van der Waals surface area contributed by atoms with Crippen LogP contribution in [0.15, 0.2) is 41.0 Å². The van der Waals surface area contributed by atoms with Gasteiger partial charge in [0.2, 0.25) is 0 Å². The molecule has 1 aromatic heterocycles. The Morgan fingerprint density at radius 2 is 2.00 bits per heavy atom. The molecule has 4 nitrogen and oxygen atoms in total. The molecule has 1 unspecified atom stereocenters. The summed E-state index contributed by atoms with van der Waals surface area (Å²) in [6.07, 6.45) is 1.25. The van der Waals surface area contributed by atoms with Crippen molar-refractivity contribution >= 4 is 29.1 Å². The fourth-order valence-electron chi connectivity index (χ4n) is 2.35. The first kappa shape index (κ1) is 14.4. The lowest BCUT2D eigenvalue weighted by Gasteiger charge is -2.32. The van der Waals surface area contributed by atoms with Gasteiger partial charge >= 0.3 is 0 Å². The van der Waals surface area contributed by atoms with Crippen molar-refractivity contribution in [2.24, 2.45) is 0 Å². The smallest absolute Gasteiger partial charge is 0.289 e. The number of ether oxygens (including phenoxy) is 1. The van der Waals surface area contributed by atoms with Crippen LogP contribution in [0.5, 0.6) is 0 Å². The Hall–Kier alpha value is -1.49. The number of hydrogen-bond acceptors (Lipinski definition) is 3. The molecule has 1 fully saturated rings. The van der Waals surface area contributed by atoms with E-state index in [2.05, 4.69) is 0 Å². The summed E-state index contributed by atoms with van der Waals surface area (Å²) in [7, 11) is 0. The van der Waals surface area contributed by atoms with E-state index >= 15 is 0 Å². The van der Waals surface area contributed by atoms with Gasteiger partial charge in [0.25, 0.3) is 5.91 Å². The van der Waals surface area contributed by atoms with Gasteiger partial charge in [-0.1, -0.05) is 23.2 Å². The molecule has 0 N–H and O–H groups in total. The molecule has 2 heterocycles. The van der Waals surface area contributed by atoms with E-state index in [1.165, 1.54) is 6.26 Å². The highest BCUT2D eigenvalue weighted by atomic mass is 35.5. The first-order valence-corrected chi connectivity index (χ1v) is 7.29. The molecule has 1 aromatic carbocycles. The van der Waals surface area contributed by atoms with E-state index in [1.54, 1.807) is 35.2 Å². The van der Waals surface area contributed by atoms with Crippen molar-refractivity contribution in [1.29, 1.82) is 0 Å². The summed E-state index contributed by atoms with van der Waals surface area (Å²) in [6.45, 7) is 1.43. The highest BCUT2D eigenvalue weighted by Crippen LogP contribution is 2.28. The highest BCUT2D eigenvalue weighted by Gasteiger charge is 2.27. The molecule has 0 saturated carbocycles. The Morgan fingerprint density at radius 1 is 1.24 bits per heavy atom. The Morgan fingerprint density at radius 3 is 2.67 bits per heavy atom. The first-order valence-electron chi connectivity index (χ1n) is 6.54. The fraction of sp³-hybridized carbons (Fsp3) is 0.267. The molecule has 0 radical (unpaired) electrons. The van der Waals surface area contributed by atoms with E-state index in [0.29, 0.717) is 35.5 Å². The number of carbonyl (C=O) groups is 1. The molecule has 1 atom stereocenters. The van der Waals surface area contributed by atoms with Crippen LogP contribution in [0.25, 0.3) is 0 Å². The number of carbonyl (C=O) groups excluding carboxylic acids is 1. The number of nitrogens with zero attached hydrogens (tertiary/aromatic N) is 1. The van der Waals surface area contributed by atoms with Gasteiger partial charge in [0.1, 0.15) is 6.10 Å². The van der Waals surface area contributed by atoms with Gasteiger partial charge in [-0.3, -0.25) is 4.79 Å². The van der Waals surface area contributed by atoms with Gasteiger partial charge in [-0.05, 0) is 35.9 Å². The molecule has 0 bridgehead atoms. The van der Waals surface area contributed by atoms with Crippen LogP contribution in [0.1, 0.15) is 22.2 Å². The monoisotopic (exact) mass is 325 g/mol. The molecular formula is C15H13Cl2NO3. The van der Waals surface area contributed by atoms with Crippen molar-refractivity contribution < 1.29 is 13.9 Å². The van der Waals surface area contributed by atoms with Crippen molar-refractivity contribution in [3.8, 4) is 0 Å². The van der Waals surface area contributed by atoms with Crippen molar-refractivity contribution in [2.45, 2.75) is 6.10 Å². The molecule has 1 saturated heterocycles. The summed E-state index contributed by atoms with van der Waals surface area (Å²) < 4.78 is 10.9. The van der Waals surface area contributed by atoms with E-state index in [4.69, 9.17) is 32.4 Å². The predicted octanol–water partition coefficient (Wildman–Crippen LogP) is 3.80. The molecule has 1 amide bonds. The maximum atomic E-state index is 12.3. The zero-order chi connectivity index (χ0) is 14.8. The van der Waals surface area contributed by atoms with Crippen LogP contribution in [0, 0.1) is 0 Å². The molecule has 3 rings (SSSR count). The normalized spacial score (nSPS) is 18.8. The third kappa shape index (κ3) is 3.23. The molecule has 0 aliphatic carbocycles. The van der Waals surface area contributed by atoms with Gasteiger partial charge in [-0.25, -0.2) is 0 Å². The van der Waals surface area contributed by atoms with Crippen LogP contribution in [-0.4, -0.2) is 30.5 Å². The molecule has 6 heteroatoms. The van der Waals surface area contributed by atoms with Crippen molar-refractivity contribution in [2.75, 3.05) is 19.7 Å². The zero-order valence-corrected chi connectivity index (χ0v) is 12.6. The van der Waals surface area contributed by atoms with Crippen LogP contribution >= 0.6 is 23.2 Å². The SMILES string of the molecule is O=C(c1ccco1)N1CCOC(c2cc(Cl)cc(Cl)c2)C1. The van der Waals surface area contributed by atoms with E-state index < -0.39 is 0 Å². The van der Waals surface area contributed by atoms with Gasteiger partial charge in [-0.2, -0.15) is 0 Å². The van der Waals surface area contributed by atoms with Crippen LogP contribution in [0.3, 0.4) is 0 Å². The third-order valence-electron chi connectivity index (χ3n) is 3.34. The second-order valence-electron chi connectivity index (χ2n) is 4.79. The Balaban J connectivity index is 1.78. The number of halogens is 2. The van der Waals surface area contributed by atoms with Gasteiger partial charge in [-0.15, -0.1) is 0 Å². The number of amides is 1. The Labute approximate surface area is 132 Å². The summed E-state index contributed by atoms with van der Waals surface area (Å²) in [5, 5.41) is 1.10. The predicted molar refractivity (Wildman–Crippen MR) is 79.8 cm³/mol. The minimum Gasteiger partial charge on any atom is -0.459 e. The average Bonchev–Trinajstić information content (AvgIpc) is 3.00. The standard InChI is InChI=1S/C15H13Cl2NO3/c16-11-6-10(7-12(17)8-11)14-9-18(3-5-21-14)15(19)13-2-1-4-20-13/h1-2,4,6-8,14H,3,5,9H2. The summed E-state index contributed by atoms with van der Waals surface area (Å²) in [6, 6.07) is 8.63. The Bertz CT molecular complexity index is 622. The van der Waals surface area contributed by atoms with Gasteiger partial charge < -0.3 is 14.1 Å².